The Morgan fingerprint density at radius 1 is 1.70 bits per heavy atom. The number of furan rings is 1. The predicted molar refractivity (Wildman–Crippen MR) is 36.8 cm³/mol. The molecule has 2 radical (unpaired) electrons. The van der Waals surface area contributed by atoms with Gasteiger partial charge in [-0.05, 0) is 0 Å². The van der Waals surface area contributed by atoms with Gasteiger partial charge >= 0.3 is 71.2 Å². The Morgan fingerprint density at radius 3 is 2.80 bits per heavy atom. The number of ether oxygens (including phenoxy) is 1. The molecule has 0 atom stereocenters. The Labute approximate surface area is 71.4 Å². The van der Waals surface area contributed by atoms with Crippen molar-refractivity contribution in [1.29, 1.82) is 0 Å². The van der Waals surface area contributed by atoms with E-state index in [1.54, 1.807) is 12.1 Å². The molecule has 0 saturated heterocycles. The van der Waals surface area contributed by atoms with Gasteiger partial charge in [0.2, 0.25) is 0 Å². The van der Waals surface area contributed by atoms with Crippen molar-refractivity contribution in [3.8, 4) is 0 Å². The summed E-state index contributed by atoms with van der Waals surface area (Å²) >= 11 is 0.879. The standard InChI is InChI=1S/C6H5O3.Sn.H/c1-8-6(7)5-3-2-4-9-5;;/h2-3H,1H3;;. The first kappa shape index (κ1) is 7.65. The maximum absolute atomic E-state index is 10.7. The molecule has 1 aromatic heterocycles. The van der Waals surface area contributed by atoms with Gasteiger partial charge in [-0.25, -0.2) is 0 Å². The summed E-state index contributed by atoms with van der Waals surface area (Å²) in [6.07, 6.45) is 0. The van der Waals surface area contributed by atoms with Gasteiger partial charge in [0.15, 0.2) is 0 Å². The van der Waals surface area contributed by atoms with Crippen LogP contribution in [-0.2, 0) is 4.74 Å². The first-order valence-electron chi connectivity index (χ1n) is 2.67. The molecular formula is C6H6O3Sn. The molecule has 0 aromatic carbocycles. The Bertz CT molecular complexity index is 241. The van der Waals surface area contributed by atoms with E-state index in [9.17, 15) is 4.79 Å². The molecule has 10 heavy (non-hydrogen) atoms. The number of carbonyl (C=O) groups is 1. The van der Waals surface area contributed by atoms with E-state index < -0.39 is 5.97 Å². The number of methoxy groups -OCH3 is 1. The molecule has 1 aromatic rings. The quantitative estimate of drug-likeness (QED) is 0.498. The van der Waals surface area contributed by atoms with E-state index in [-0.39, 0.29) is 5.76 Å². The normalized spacial score (nSPS) is 9.40. The zero-order chi connectivity index (χ0) is 7.56. The van der Waals surface area contributed by atoms with Gasteiger partial charge in [-0.2, -0.15) is 0 Å². The summed E-state index contributed by atoms with van der Waals surface area (Å²) in [6.45, 7) is 0. The van der Waals surface area contributed by atoms with E-state index in [1.165, 1.54) is 7.11 Å². The summed E-state index contributed by atoms with van der Waals surface area (Å²) in [5, 5.41) is 0. The summed E-state index contributed by atoms with van der Waals surface area (Å²) in [4.78, 5) is 10.7. The molecule has 4 heteroatoms. The van der Waals surface area contributed by atoms with Gasteiger partial charge < -0.3 is 0 Å². The fraction of sp³-hybridized carbons (Fsp3) is 0.167. The van der Waals surface area contributed by atoms with E-state index in [4.69, 9.17) is 4.42 Å². The van der Waals surface area contributed by atoms with Crippen molar-refractivity contribution in [2.45, 2.75) is 0 Å². The number of hydrogen-bond donors (Lipinski definition) is 0. The Kier molecular flexibility index (Phi) is 2.37. The van der Waals surface area contributed by atoms with Crippen LogP contribution >= 0.6 is 0 Å². The van der Waals surface area contributed by atoms with Crippen LogP contribution in [0.5, 0.6) is 0 Å². The van der Waals surface area contributed by atoms with Crippen molar-refractivity contribution < 1.29 is 13.9 Å². The molecule has 0 fully saturated rings. The minimum atomic E-state index is -0.416. The molecular weight excluding hydrogens is 239 g/mol. The average Bonchev–Trinajstić information content (AvgIpc) is 2.34. The van der Waals surface area contributed by atoms with Crippen molar-refractivity contribution in [2.24, 2.45) is 0 Å². The zero-order valence-electron chi connectivity index (χ0n) is 5.46. The molecule has 0 aliphatic rings. The SMILES string of the molecule is COC(=O)c1cc[c]([SnH])o1. The molecule has 0 amide bonds. The van der Waals surface area contributed by atoms with Crippen molar-refractivity contribution in [3.63, 3.8) is 0 Å². The fourth-order valence-corrected chi connectivity index (χ4v) is 1.20. The van der Waals surface area contributed by atoms with Crippen LogP contribution in [-0.4, -0.2) is 35.6 Å². The van der Waals surface area contributed by atoms with Crippen LogP contribution in [0.2, 0.25) is 0 Å². The van der Waals surface area contributed by atoms with Gasteiger partial charge in [0.25, 0.3) is 0 Å². The van der Waals surface area contributed by atoms with Crippen LogP contribution in [0, 0.1) is 0 Å². The van der Waals surface area contributed by atoms with Crippen molar-refractivity contribution in [1.82, 2.24) is 0 Å². The van der Waals surface area contributed by atoms with Gasteiger partial charge in [-0.15, -0.1) is 0 Å². The van der Waals surface area contributed by atoms with Crippen LogP contribution in [0.15, 0.2) is 16.5 Å². The van der Waals surface area contributed by atoms with Crippen molar-refractivity contribution in [3.05, 3.63) is 17.9 Å². The van der Waals surface area contributed by atoms with Crippen molar-refractivity contribution in [2.75, 3.05) is 7.11 Å². The molecule has 52 valence electrons. The third-order valence-electron chi connectivity index (χ3n) is 1.01. The molecule has 0 spiro atoms. The Balaban J connectivity index is 2.85. The number of carbonyl (C=O) groups excluding carboxylic acids is 1. The second-order valence-electron chi connectivity index (χ2n) is 1.69. The summed E-state index contributed by atoms with van der Waals surface area (Å²) in [5.74, 6) is -0.134. The summed E-state index contributed by atoms with van der Waals surface area (Å²) < 4.78 is 10.3. The summed E-state index contributed by atoms with van der Waals surface area (Å²) in [5.41, 5.74) is 0. The fourth-order valence-electron chi connectivity index (χ4n) is 0.563. The third kappa shape index (κ3) is 1.53. The molecule has 0 N–H and O–H groups in total. The van der Waals surface area contributed by atoms with Gasteiger partial charge in [-0.1, -0.05) is 0 Å². The molecule has 1 heterocycles. The minimum absolute atomic E-state index is 0.283. The second-order valence-corrected chi connectivity index (χ2v) is 3.32. The van der Waals surface area contributed by atoms with E-state index >= 15 is 0 Å². The number of rotatable bonds is 1. The third-order valence-corrected chi connectivity index (χ3v) is 1.90. The van der Waals surface area contributed by atoms with Crippen molar-refractivity contribution >= 4 is 32.3 Å². The van der Waals surface area contributed by atoms with Crippen LogP contribution in [0.25, 0.3) is 0 Å². The van der Waals surface area contributed by atoms with Gasteiger partial charge in [0.1, 0.15) is 0 Å². The molecule has 3 nitrogen and oxygen atoms in total. The van der Waals surface area contributed by atoms with Crippen LogP contribution < -0.4 is 3.78 Å². The zero-order valence-corrected chi connectivity index (χ0v) is 8.75. The Hall–Kier alpha value is -0.451. The molecule has 0 aliphatic carbocycles. The van der Waals surface area contributed by atoms with Crippen LogP contribution in [0.3, 0.4) is 0 Å². The van der Waals surface area contributed by atoms with Crippen LogP contribution in [0.4, 0.5) is 0 Å². The van der Waals surface area contributed by atoms with E-state index in [1.807, 2.05) is 0 Å². The monoisotopic (exact) mass is 246 g/mol. The maximum atomic E-state index is 10.7. The second kappa shape index (κ2) is 3.09. The first-order chi connectivity index (χ1) is 4.74. The topological polar surface area (TPSA) is 39.4 Å². The average molecular weight is 245 g/mol. The molecule has 1 rings (SSSR count). The summed E-state index contributed by atoms with van der Waals surface area (Å²) in [7, 11) is 1.33. The molecule has 0 aliphatic heterocycles. The van der Waals surface area contributed by atoms with E-state index in [0.29, 0.717) is 0 Å². The number of esters is 1. The number of hydrogen-bond acceptors (Lipinski definition) is 3. The van der Waals surface area contributed by atoms with Gasteiger partial charge in [0, 0.05) is 0 Å². The van der Waals surface area contributed by atoms with E-state index in [0.717, 1.165) is 26.3 Å². The summed E-state index contributed by atoms with van der Waals surface area (Å²) in [6, 6.07) is 3.39. The Morgan fingerprint density at radius 2 is 2.40 bits per heavy atom. The van der Waals surface area contributed by atoms with Gasteiger partial charge in [0.05, 0.1) is 0 Å². The van der Waals surface area contributed by atoms with E-state index in [2.05, 4.69) is 4.74 Å². The molecule has 0 saturated carbocycles. The molecule has 0 unspecified atom stereocenters. The molecule has 0 bridgehead atoms. The first-order valence-corrected chi connectivity index (χ1v) is 4.32. The van der Waals surface area contributed by atoms with Gasteiger partial charge in [-0.3, -0.25) is 0 Å². The van der Waals surface area contributed by atoms with Crippen LogP contribution in [0.1, 0.15) is 10.6 Å². The predicted octanol–water partition coefficient (Wildman–Crippen LogP) is -0.408.